The van der Waals surface area contributed by atoms with Gasteiger partial charge in [-0.3, -0.25) is 0 Å². The molecule has 0 heterocycles. The third-order valence-corrected chi connectivity index (χ3v) is 1.80. The zero-order chi connectivity index (χ0) is 9.84. The first-order valence-corrected chi connectivity index (χ1v) is 3.86. The second kappa shape index (κ2) is 3.99. The molecular formula is C10H9F2N. The highest BCUT2D eigenvalue weighted by Gasteiger charge is 2.27. The van der Waals surface area contributed by atoms with Crippen LogP contribution in [0.1, 0.15) is 17.2 Å². The van der Waals surface area contributed by atoms with Gasteiger partial charge in [0.15, 0.2) is 0 Å². The lowest BCUT2D eigenvalue weighted by Crippen LogP contribution is -2.04. The fourth-order valence-electron chi connectivity index (χ4n) is 1.04. The van der Waals surface area contributed by atoms with E-state index in [1.54, 1.807) is 24.3 Å². The van der Waals surface area contributed by atoms with E-state index in [-0.39, 0.29) is 0 Å². The highest BCUT2D eigenvalue weighted by atomic mass is 19.3. The first-order chi connectivity index (χ1) is 6.15. The lowest BCUT2D eigenvalue weighted by molar-refractivity contribution is 0.130. The van der Waals surface area contributed by atoms with Gasteiger partial charge < -0.3 is 4.85 Å². The molecular weight excluding hydrogens is 172 g/mol. The Balaban J connectivity index is 2.94. The largest absolute Gasteiger partial charge is 0.316 e. The molecule has 0 spiro atoms. The molecule has 0 N–H and O–H groups in total. The Morgan fingerprint density at radius 2 is 1.77 bits per heavy atom. The fraction of sp³-hybridized carbons (Fsp3) is 0.300. The van der Waals surface area contributed by atoms with Gasteiger partial charge in [0.25, 0.3) is 0 Å². The molecule has 1 unspecified atom stereocenters. The lowest BCUT2D eigenvalue weighted by Gasteiger charge is -2.04. The van der Waals surface area contributed by atoms with Crippen LogP contribution in [0.5, 0.6) is 0 Å². The Hall–Kier alpha value is -1.43. The Morgan fingerprint density at radius 3 is 2.15 bits per heavy atom. The zero-order valence-electron chi connectivity index (χ0n) is 7.17. The summed E-state index contributed by atoms with van der Waals surface area (Å²) in [6.45, 7) is 8.50. The summed E-state index contributed by atoms with van der Waals surface area (Å²) in [6, 6.07) is 5.29. The van der Waals surface area contributed by atoms with Crippen molar-refractivity contribution in [1.29, 1.82) is 0 Å². The van der Waals surface area contributed by atoms with Crippen molar-refractivity contribution in [2.45, 2.75) is 19.4 Å². The number of halogens is 2. The molecule has 0 saturated carbocycles. The maximum Gasteiger partial charge on any atom is 0.316 e. The number of alkyl halides is 2. The van der Waals surface area contributed by atoms with Crippen LogP contribution in [0.25, 0.3) is 4.85 Å². The van der Waals surface area contributed by atoms with Gasteiger partial charge in [0.1, 0.15) is 0 Å². The van der Waals surface area contributed by atoms with Crippen molar-refractivity contribution in [2.75, 3.05) is 0 Å². The van der Waals surface area contributed by atoms with Gasteiger partial charge in [0, 0.05) is 5.56 Å². The van der Waals surface area contributed by atoms with Crippen molar-refractivity contribution in [3.8, 4) is 0 Å². The van der Waals surface area contributed by atoms with E-state index < -0.39 is 12.5 Å². The van der Waals surface area contributed by atoms with Crippen LogP contribution in [0.15, 0.2) is 24.3 Å². The van der Waals surface area contributed by atoms with E-state index in [0.29, 0.717) is 5.56 Å². The third-order valence-electron chi connectivity index (χ3n) is 1.80. The molecule has 0 saturated heterocycles. The summed E-state index contributed by atoms with van der Waals surface area (Å²) in [6.07, 6.45) is -2.61. The number of aryl methyl sites for hydroxylation is 1. The van der Waals surface area contributed by atoms with Crippen molar-refractivity contribution >= 4 is 0 Å². The van der Waals surface area contributed by atoms with Crippen LogP contribution in [0, 0.1) is 13.5 Å². The van der Waals surface area contributed by atoms with Crippen molar-refractivity contribution < 1.29 is 8.78 Å². The van der Waals surface area contributed by atoms with Crippen molar-refractivity contribution in [3.63, 3.8) is 0 Å². The Bertz CT molecular complexity index is 311. The van der Waals surface area contributed by atoms with Gasteiger partial charge in [-0.2, -0.15) is 0 Å². The average Bonchev–Trinajstić information content (AvgIpc) is 2.09. The second-order valence-corrected chi connectivity index (χ2v) is 2.82. The summed E-state index contributed by atoms with van der Waals surface area (Å²) in [5.74, 6) is 0. The van der Waals surface area contributed by atoms with Crippen LogP contribution in [0.2, 0.25) is 0 Å². The maximum atomic E-state index is 12.3. The van der Waals surface area contributed by atoms with Gasteiger partial charge in [-0.15, -0.1) is 0 Å². The molecule has 1 aromatic rings. The molecule has 0 aliphatic heterocycles. The molecule has 1 nitrogen and oxygen atoms in total. The number of hydrogen-bond acceptors (Lipinski definition) is 0. The van der Waals surface area contributed by atoms with Crippen molar-refractivity contribution in [3.05, 3.63) is 46.8 Å². The van der Waals surface area contributed by atoms with Gasteiger partial charge in [0.2, 0.25) is 0 Å². The minimum Gasteiger partial charge on any atom is -0.302 e. The van der Waals surface area contributed by atoms with Crippen LogP contribution in [-0.2, 0) is 0 Å². The van der Waals surface area contributed by atoms with E-state index in [2.05, 4.69) is 4.85 Å². The number of nitrogens with zero attached hydrogens (tertiary/aromatic N) is 1. The number of hydrogen-bond donors (Lipinski definition) is 0. The predicted octanol–water partition coefficient (Wildman–Crippen LogP) is 3.22. The Morgan fingerprint density at radius 1 is 1.23 bits per heavy atom. The summed E-state index contributed by atoms with van der Waals surface area (Å²) < 4.78 is 24.5. The molecule has 1 aromatic carbocycles. The summed E-state index contributed by atoms with van der Waals surface area (Å²) in [4.78, 5) is 2.89. The second-order valence-electron chi connectivity index (χ2n) is 2.82. The zero-order valence-corrected chi connectivity index (χ0v) is 7.17. The van der Waals surface area contributed by atoms with Crippen LogP contribution < -0.4 is 0 Å². The molecule has 1 rings (SSSR count). The summed E-state index contributed by atoms with van der Waals surface area (Å²) in [7, 11) is 0. The Kier molecular flexibility index (Phi) is 2.97. The quantitative estimate of drug-likeness (QED) is 0.617. The Labute approximate surface area is 75.8 Å². The van der Waals surface area contributed by atoms with E-state index >= 15 is 0 Å². The lowest BCUT2D eigenvalue weighted by atomic mass is 10.1. The predicted molar refractivity (Wildman–Crippen MR) is 46.5 cm³/mol. The molecule has 0 aliphatic rings. The molecule has 1 atom stereocenters. The summed E-state index contributed by atoms with van der Waals surface area (Å²) >= 11 is 0. The molecule has 0 bridgehead atoms. The van der Waals surface area contributed by atoms with Gasteiger partial charge >= 0.3 is 12.5 Å². The molecule has 0 fully saturated rings. The average molecular weight is 181 g/mol. The van der Waals surface area contributed by atoms with E-state index in [1.807, 2.05) is 6.92 Å². The molecule has 0 aliphatic carbocycles. The highest BCUT2D eigenvalue weighted by Crippen LogP contribution is 2.24. The smallest absolute Gasteiger partial charge is 0.302 e. The van der Waals surface area contributed by atoms with Gasteiger partial charge in [0.05, 0.1) is 0 Å². The molecule has 0 radical (unpaired) electrons. The number of benzene rings is 1. The summed E-state index contributed by atoms with van der Waals surface area (Å²) in [5, 5.41) is 0. The fourth-order valence-corrected chi connectivity index (χ4v) is 1.04. The summed E-state index contributed by atoms with van der Waals surface area (Å²) in [5.41, 5.74) is 1.39. The number of rotatable bonds is 2. The van der Waals surface area contributed by atoms with Crippen LogP contribution in [0.3, 0.4) is 0 Å². The molecule has 13 heavy (non-hydrogen) atoms. The molecule has 0 amide bonds. The van der Waals surface area contributed by atoms with Gasteiger partial charge in [-0.25, -0.2) is 15.4 Å². The molecule has 68 valence electrons. The molecule has 0 aromatic heterocycles. The standard InChI is InChI=1S/C10H9F2N/c1-7-3-5-8(6-4-7)9(13-2)10(11)12/h3-6,9-10H,1H3. The maximum absolute atomic E-state index is 12.3. The third kappa shape index (κ3) is 2.25. The normalized spacial score (nSPS) is 12.5. The minimum absolute atomic E-state index is 0.385. The van der Waals surface area contributed by atoms with E-state index in [9.17, 15) is 8.78 Å². The highest BCUT2D eigenvalue weighted by molar-refractivity contribution is 5.26. The van der Waals surface area contributed by atoms with Crippen LogP contribution >= 0.6 is 0 Å². The first-order valence-electron chi connectivity index (χ1n) is 3.86. The van der Waals surface area contributed by atoms with Crippen molar-refractivity contribution in [1.82, 2.24) is 0 Å². The van der Waals surface area contributed by atoms with Gasteiger partial charge in [-0.05, 0) is 6.92 Å². The van der Waals surface area contributed by atoms with E-state index in [1.165, 1.54) is 0 Å². The van der Waals surface area contributed by atoms with Crippen LogP contribution in [-0.4, -0.2) is 6.43 Å². The van der Waals surface area contributed by atoms with Crippen molar-refractivity contribution in [2.24, 2.45) is 0 Å². The van der Waals surface area contributed by atoms with E-state index in [0.717, 1.165) is 5.56 Å². The van der Waals surface area contributed by atoms with E-state index in [4.69, 9.17) is 6.57 Å². The van der Waals surface area contributed by atoms with Crippen LogP contribution in [0.4, 0.5) is 8.78 Å². The monoisotopic (exact) mass is 181 g/mol. The first kappa shape index (κ1) is 9.66. The van der Waals surface area contributed by atoms with Gasteiger partial charge in [-0.1, -0.05) is 29.8 Å². The topological polar surface area (TPSA) is 4.36 Å². The minimum atomic E-state index is -2.61. The SMILES string of the molecule is [C-]#[N+]C(c1ccc(C)cc1)C(F)F. The molecule has 3 heteroatoms.